The van der Waals surface area contributed by atoms with Gasteiger partial charge in [-0.2, -0.15) is 0 Å². The van der Waals surface area contributed by atoms with Crippen molar-refractivity contribution in [1.82, 2.24) is 0 Å². The molecule has 4 rings (SSSR count). The Hall–Kier alpha value is -3.54. The lowest BCUT2D eigenvalue weighted by molar-refractivity contribution is -0.119. The van der Waals surface area contributed by atoms with Crippen LogP contribution in [0, 0.1) is 0 Å². The molecule has 6 heteroatoms. The summed E-state index contributed by atoms with van der Waals surface area (Å²) in [4.78, 5) is 24.6. The minimum Gasteiger partial charge on any atom is -0.490 e. The molecular weight excluding hydrogens is 358 g/mol. The molecule has 0 atom stereocenters. The van der Waals surface area contributed by atoms with Gasteiger partial charge in [0.1, 0.15) is 0 Å². The van der Waals surface area contributed by atoms with Gasteiger partial charge < -0.3 is 19.5 Å². The number of rotatable bonds is 4. The summed E-state index contributed by atoms with van der Waals surface area (Å²) in [6, 6.07) is 18.1. The molecule has 0 unspecified atom stereocenters. The van der Waals surface area contributed by atoms with Crippen molar-refractivity contribution in [2.75, 3.05) is 25.1 Å². The number of hydrogen-bond acceptors (Lipinski definition) is 5. The Morgan fingerprint density at radius 2 is 1.71 bits per heavy atom. The summed E-state index contributed by atoms with van der Waals surface area (Å²) < 4.78 is 16.4. The summed E-state index contributed by atoms with van der Waals surface area (Å²) in [5, 5.41) is 4.43. The Bertz CT molecular complexity index is 1030. The Morgan fingerprint density at radius 1 is 0.929 bits per heavy atom. The molecule has 1 amide bonds. The van der Waals surface area contributed by atoms with Crippen LogP contribution in [0.4, 0.5) is 5.69 Å². The molecule has 28 heavy (non-hydrogen) atoms. The number of benzene rings is 3. The minimum absolute atomic E-state index is 0.378. The number of hydrogen-bond donors (Lipinski definition) is 1. The minimum atomic E-state index is -0.536. The highest BCUT2D eigenvalue weighted by molar-refractivity contribution is 6.05. The third kappa shape index (κ3) is 3.91. The highest BCUT2D eigenvalue weighted by Crippen LogP contribution is 2.32. The van der Waals surface area contributed by atoms with E-state index < -0.39 is 11.9 Å². The largest absolute Gasteiger partial charge is 0.490 e. The van der Waals surface area contributed by atoms with Crippen molar-refractivity contribution in [1.29, 1.82) is 0 Å². The van der Waals surface area contributed by atoms with Gasteiger partial charge in [0.15, 0.2) is 18.1 Å². The molecule has 0 radical (unpaired) electrons. The van der Waals surface area contributed by atoms with E-state index in [-0.39, 0.29) is 6.61 Å². The zero-order valence-electron chi connectivity index (χ0n) is 15.1. The molecule has 0 fully saturated rings. The van der Waals surface area contributed by atoms with Crippen molar-refractivity contribution in [2.45, 2.75) is 6.42 Å². The molecule has 6 nitrogen and oxygen atoms in total. The number of carbonyl (C=O) groups is 2. The fraction of sp³-hybridized carbons (Fsp3) is 0.182. The summed E-state index contributed by atoms with van der Waals surface area (Å²) in [7, 11) is 0. The fourth-order valence-corrected chi connectivity index (χ4v) is 3.05. The van der Waals surface area contributed by atoms with Crippen LogP contribution in [-0.2, 0) is 9.53 Å². The molecule has 0 saturated carbocycles. The summed E-state index contributed by atoms with van der Waals surface area (Å²) in [6.45, 7) is 0.784. The number of anilines is 1. The van der Waals surface area contributed by atoms with Crippen molar-refractivity contribution >= 4 is 28.3 Å². The van der Waals surface area contributed by atoms with Crippen LogP contribution in [0.15, 0.2) is 60.7 Å². The van der Waals surface area contributed by atoms with E-state index in [4.69, 9.17) is 14.2 Å². The maximum atomic E-state index is 12.4. The van der Waals surface area contributed by atoms with Crippen LogP contribution in [0.1, 0.15) is 16.8 Å². The molecule has 142 valence electrons. The Balaban J connectivity index is 1.39. The first-order valence-corrected chi connectivity index (χ1v) is 9.05. The zero-order valence-corrected chi connectivity index (χ0v) is 15.1. The van der Waals surface area contributed by atoms with Crippen molar-refractivity contribution in [2.24, 2.45) is 0 Å². The number of fused-ring (bicyclic) bond motifs is 2. The van der Waals surface area contributed by atoms with E-state index >= 15 is 0 Å². The summed E-state index contributed by atoms with van der Waals surface area (Å²) in [5.74, 6) is 0.273. The van der Waals surface area contributed by atoms with Gasteiger partial charge in [0.2, 0.25) is 0 Å². The second-order valence-electron chi connectivity index (χ2n) is 6.36. The predicted molar refractivity (Wildman–Crippen MR) is 105 cm³/mol. The van der Waals surface area contributed by atoms with Crippen molar-refractivity contribution in [3.63, 3.8) is 0 Å². The quantitative estimate of drug-likeness (QED) is 0.700. The highest BCUT2D eigenvalue weighted by Gasteiger charge is 2.15. The van der Waals surface area contributed by atoms with Crippen LogP contribution in [0.5, 0.6) is 11.5 Å². The molecule has 1 aliphatic rings. The maximum Gasteiger partial charge on any atom is 0.339 e. The third-order valence-corrected chi connectivity index (χ3v) is 4.38. The Kier molecular flexibility index (Phi) is 5.10. The normalized spacial score (nSPS) is 12.9. The molecule has 0 saturated heterocycles. The van der Waals surface area contributed by atoms with E-state index in [1.807, 2.05) is 30.3 Å². The van der Waals surface area contributed by atoms with Gasteiger partial charge in [-0.05, 0) is 29.0 Å². The molecule has 0 bridgehead atoms. The van der Waals surface area contributed by atoms with E-state index in [0.717, 1.165) is 17.2 Å². The summed E-state index contributed by atoms with van der Waals surface area (Å²) >= 11 is 0. The summed E-state index contributed by atoms with van der Waals surface area (Å²) in [5.41, 5.74) is 0.983. The van der Waals surface area contributed by atoms with Crippen LogP contribution in [0.2, 0.25) is 0 Å². The van der Waals surface area contributed by atoms with Gasteiger partial charge in [-0.3, -0.25) is 4.79 Å². The van der Waals surface area contributed by atoms with Gasteiger partial charge in [-0.1, -0.05) is 36.4 Å². The summed E-state index contributed by atoms with van der Waals surface area (Å²) in [6.07, 6.45) is 0.806. The van der Waals surface area contributed by atoms with Crippen LogP contribution in [0.3, 0.4) is 0 Å². The van der Waals surface area contributed by atoms with E-state index in [2.05, 4.69) is 5.32 Å². The van der Waals surface area contributed by atoms with Crippen LogP contribution in [-0.4, -0.2) is 31.7 Å². The molecule has 3 aromatic rings. The third-order valence-electron chi connectivity index (χ3n) is 4.38. The number of ether oxygens (including phenoxy) is 3. The number of esters is 1. The molecule has 0 aliphatic carbocycles. The van der Waals surface area contributed by atoms with E-state index in [1.54, 1.807) is 30.3 Å². The maximum absolute atomic E-state index is 12.4. The fourth-order valence-electron chi connectivity index (χ4n) is 3.05. The Morgan fingerprint density at radius 3 is 2.61 bits per heavy atom. The first-order chi connectivity index (χ1) is 13.7. The lowest BCUT2D eigenvalue weighted by atomic mass is 10.1. The van der Waals surface area contributed by atoms with Gasteiger partial charge in [0.25, 0.3) is 5.91 Å². The second-order valence-corrected chi connectivity index (χ2v) is 6.36. The molecule has 1 aliphatic heterocycles. The van der Waals surface area contributed by atoms with Gasteiger partial charge in [-0.15, -0.1) is 0 Å². The van der Waals surface area contributed by atoms with E-state index in [1.165, 1.54) is 0 Å². The predicted octanol–water partition coefficient (Wildman–Crippen LogP) is 3.80. The average Bonchev–Trinajstić information content (AvgIpc) is 2.96. The van der Waals surface area contributed by atoms with Crippen LogP contribution >= 0.6 is 0 Å². The first kappa shape index (κ1) is 17.9. The molecule has 1 N–H and O–H groups in total. The molecular formula is C22H19NO5. The SMILES string of the molecule is O=C(COC(=O)c1cccc2ccccc12)Nc1ccc2c(c1)OCCCO2. The Labute approximate surface area is 162 Å². The van der Waals surface area contributed by atoms with Crippen LogP contribution < -0.4 is 14.8 Å². The van der Waals surface area contributed by atoms with Gasteiger partial charge in [0, 0.05) is 18.2 Å². The molecule has 1 heterocycles. The topological polar surface area (TPSA) is 73.9 Å². The van der Waals surface area contributed by atoms with Crippen molar-refractivity contribution < 1.29 is 23.8 Å². The first-order valence-electron chi connectivity index (χ1n) is 9.05. The van der Waals surface area contributed by atoms with E-state index in [9.17, 15) is 9.59 Å². The van der Waals surface area contributed by atoms with Crippen molar-refractivity contribution in [3.8, 4) is 11.5 Å². The monoisotopic (exact) mass is 377 g/mol. The van der Waals surface area contributed by atoms with Crippen LogP contribution in [0.25, 0.3) is 10.8 Å². The smallest absolute Gasteiger partial charge is 0.339 e. The lowest BCUT2D eigenvalue weighted by Crippen LogP contribution is -2.21. The highest BCUT2D eigenvalue weighted by atomic mass is 16.5. The average molecular weight is 377 g/mol. The molecule has 0 spiro atoms. The van der Waals surface area contributed by atoms with Gasteiger partial charge in [-0.25, -0.2) is 4.79 Å². The standard InChI is InChI=1S/C22H19NO5/c24-21(23-16-9-10-19-20(13-16)27-12-4-11-26-19)14-28-22(25)18-8-3-6-15-5-1-2-7-17(15)18/h1-3,5-10,13H,4,11-12,14H2,(H,23,24). The van der Waals surface area contributed by atoms with Gasteiger partial charge >= 0.3 is 5.97 Å². The van der Waals surface area contributed by atoms with Gasteiger partial charge in [0.05, 0.1) is 18.8 Å². The molecule has 0 aromatic heterocycles. The zero-order chi connectivity index (χ0) is 19.3. The van der Waals surface area contributed by atoms with E-state index in [0.29, 0.717) is 36.0 Å². The lowest BCUT2D eigenvalue weighted by Gasteiger charge is -2.11. The van der Waals surface area contributed by atoms with Crippen molar-refractivity contribution in [3.05, 3.63) is 66.2 Å². The number of carbonyl (C=O) groups excluding carboxylic acids is 2. The second kappa shape index (κ2) is 8.00. The molecule has 3 aromatic carbocycles. The number of nitrogens with one attached hydrogen (secondary N) is 1. The number of amides is 1.